The number of nitrogens with zero attached hydrogens (tertiary/aromatic N) is 3. The molecule has 1 saturated carbocycles. The Bertz CT molecular complexity index is 968. The molecular weight excluding hydrogens is 346 g/mol. The van der Waals surface area contributed by atoms with Crippen molar-refractivity contribution < 1.29 is 4.79 Å². The van der Waals surface area contributed by atoms with Crippen LogP contribution in [-0.2, 0) is 11.3 Å². The normalized spacial score (nSPS) is 15.3. The summed E-state index contributed by atoms with van der Waals surface area (Å²) in [6.45, 7) is 0.321. The van der Waals surface area contributed by atoms with Crippen molar-refractivity contribution in [3.05, 3.63) is 66.0 Å². The molecule has 4 heteroatoms. The van der Waals surface area contributed by atoms with E-state index >= 15 is 0 Å². The van der Waals surface area contributed by atoms with Crippen LogP contribution in [-0.4, -0.2) is 33.4 Å². The lowest BCUT2D eigenvalue weighted by atomic mass is 9.94. The highest BCUT2D eigenvalue weighted by atomic mass is 16.2. The molecule has 1 aliphatic carbocycles. The van der Waals surface area contributed by atoms with Crippen LogP contribution in [0.3, 0.4) is 0 Å². The Morgan fingerprint density at radius 2 is 1.75 bits per heavy atom. The van der Waals surface area contributed by atoms with Crippen LogP contribution in [0.2, 0.25) is 0 Å². The summed E-state index contributed by atoms with van der Waals surface area (Å²) in [5.41, 5.74) is 3.04. The number of carbonyl (C=O) groups is 1. The zero-order valence-electron chi connectivity index (χ0n) is 16.4. The van der Waals surface area contributed by atoms with Gasteiger partial charge in [-0.25, -0.2) is 4.98 Å². The van der Waals surface area contributed by atoms with Gasteiger partial charge in [0.1, 0.15) is 12.4 Å². The van der Waals surface area contributed by atoms with E-state index in [1.807, 2.05) is 71.1 Å². The molecule has 28 heavy (non-hydrogen) atoms. The molecule has 0 radical (unpaired) electrons. The third-order valence-electron chi connectivity index (χ3n) is 5.72. The zero-order chi connectivity index (χ0) is 19.3. The monoisotopic (exact) mass is 373 g/mol. The number of likely N-dealkylation sites (N-methyl/N-ethyl adjacent to an activating group) is 1. The van der Waals surface area contributed by atoms with Gasteiger partial charge in [-0.2, -0.15) is 0 Å². The summed E-state index contributed by atoms with van der Waals surface area (Å²) < 4.78 is 2.04. The van der Waals surface area contributed by atoms with E-state index in [0.29, 0.717) is 12.6 Å². The Hall–Kier alpha value is -2.88. The predicted molar refractivity (Wildman–Crippen MR) is 115 cm³/mol. The highest BCUT2D eigenvalue weighted by Crippen LogP contribution is 2.23. The van der Waals surface area contributed by atoms with Gasteiger partial charge in [0.25, 0.3) is 0 Å². The van der Waals surface area contributed by atoms with Crippen LogP contribution >= 0.6 is 0 Å². The van der Waals surface area contributed by atoms with Crippen molar-refractivity contribution in [3.8, 4) is 0 Å². The van der Waals surface area contributed by atoms with Crippen LogP contribution in [0.5, 0.6) is 0 Å². The fourth-order valence-corrected chi connectivity index (χ4v) is 4.04. The van der Waals surface area contributed by atoms with Gasteiger partial charge < -0.3 is 9.47 Å². The standard InChI is InChI=1S/C24H27N3O/c1-26(20-12-6-3-7-13-20)24(28)18-27-22-15-9-8-14-21(22)25-23(27)17-16-19-10-4-2-5-11-19/h2,4-5,8-11,14-17,20H,3,6-7,12-13,18H2,1H3/b17-16+. The fourth-order valence-electron chi connectivity index (χ4n) is 4.04. The minimum Gasteiger partial charge on any atom is -0.341 e. The molecule has 4 nitrogen and oxygen atoms in total. The molecule has 1 aliphatic rings. The first-order chi connectivity index (χ1) is 13.7. The highest BCUT2D eigenvalue weighted by Gasteiger charge is 2.23. The maximum atomic E-state index is 13.0. The number of rotatable bonds is 5. The molecule has 0 unspecified atom stereocenters. The number of para-hydroxylation sites is 2. The third-order valence-corrected chi connectivity index (χ3v) is 5.72. The van der Waals surface area contributed by atoms with E-state index in [2.05, 4.69) is 12.1 Å². The molecule has 0 aliphatic heterocycles. The number of benzene rings is 2. The smallest absolute Gasteiger partial charge is 0.242 e. The van der Waals surface area contributed by atoms with Gasteiger partial charge in [-0.3, -0.25) is 4.79 Å². The number of fused-ring (bicyclic) bond motifs is 1. The lowest BCUT2D eigenvalue weighted by Gasteiger charge is -2.31. The first kappa shape index (κ1) is 18.5. The molecule has 1 heterocycles. The first-order valence-corrected chi connectivity index (χ1v) is 10.2. The summed E-state index contributed by atoms with van der Waals surface area (Å²) in [6, 6.07) is 18.6. The minimum absolute atomic E-state index is 0.157. The van der Waals surface area contributed by atoms with E-state index < -0.39 is 0 Å². The van der Waals surface area contributed by atoms with Crippen molar-refractivity contribution in [1.29, 1.82) is 0 Å². The van der Waals surface area contributed by atoms with Gasteiger partial charge in [-0.1, -0.05) is 67.8 Å². The van der Waals surface area contributed by atoms with E-state index in [1.54, 1.807) is 0 Å². The topological polar surface area (TPSA) is 38.1 Å². The van der Waals surface area contributed by atoms with Crippen LogP contribution in [0.4, 0.5) is 0 Å². The fraction of sp³-hybridized carbons (Fsp3) is 0.333. The summed E-state index contributed by atoms with van der Waals surface area (Å²) >= 11 is 0. The first-order valence-electron chi connectivity index (χ1n) is 10.2. The van der Waals surface area contributed by atoms with Gasteiger partial charge in [-0.15, -0.1) is 0 Å². The molecule has 1 fully saturated rings. The minimum atomic E-state index is 0.157. The summed E-state index contributed by atoms with van der Waals surface area (Å²) in [7, 11) is 1.96. The Labute approximate surface area is 166 Å². The number of carbonyl (C=O) groups excluding carboxylic acids is 1. The average molecular weight is 374 g/mol. The number of imidazole rings is 1. The van der Waals surface area contributed by atoms with Crippen molar-refractivity contribution in [1.82, 2.24) is 14.5 Å². The second kappa shape index (κ2) is 8.42. The van der Waals surface area contributed by atoms with Crippen LogP contribution in [0.1, 0.15) is 43.5 Å². The van der Waals surface area contributed by atoms with Crippen LogP contribution in [0.15, 0.2) is 54.6 Å². The highest BCUT2D eigenvalue weighted by molar-refractivity contribution is 5.83. The summed E-state index contributed by atoms with van der Waals surface area (Å²) in [6.07, 6.45) is 10.0. The van der Waals surface area contributed by atoms with Crippen molar-refractivity contribution in [2.75, 3.05) is 7.05 Å². The summed E-state index contributed by atoms with van der Waals surface area (Å²) in [5, 5.41) is 0. The second-order valence-electron chi connectivity index (χ2n) is 7.59. The van der Waals surface area contributed by atoms with E-state index in [4.69, 9.17) is 4.98 Å². The third kappa shape index (κ3) is 4.01. The molecular formula is C24H27N3O. The molecule has 144 valence electrons. The Morgan fingerprint density at radius 1 is 1.04 bits per heavy atom. The maximum absolute atomic E-state index is 13.0. The van der Waals surface area contributed by atoms with E-state index in [0.717, 1.165) is 35.3 Å². The Balaban J connectivity index is 1.61. The molecule has 1 aromatic heterocycles. The molecule has 0 spiro atoms. The largest absolute Gasteiger partial charge is 0.341 e. The van der Waals surface area contributed by atoms with Gasteiger partial charge in [0.2, 0.25) is 5.91 Å². The Morgan fingerprint density at radius 3 is 2.54 bits per heavy atom. The lowest BCUT2D eigenvalue weighted by molar-refractivity contribution is -0.133. The average Bonchev–Trinajstić information content (AvgIpc) is 3.10. The van der Waals surface area contributed by atoms with E-state index in [9.17, 15) is 4.79 Å². The number of aromatic nitrogens is 2. The van der Waals surface area contributed by atoms with Gasteiger partial charge >= 0.3 is 0 Å². The second-order valence-corrected chi connectivity index (χ2v) is 7.59. The van der Waals surface area contributed by atoms with E-state index in [1.165, 1.54) is 19.3 Å². The molecule has 3 aromatic rings. The molecule has 2 aromatic carbocycles. The van der Waals surface area contributed by atoms with Crippen LogP contribution < -0.4 is 0 Å². The zero-order valence-corrected chi connectivity index (χ0v) is 16.4. The van der Waals surface area contributed by atoms with Crippen molar-refractivity contribution in [3.63, 3.8) is 0 Å². The molecule has 0 N–H and O–H groups in total. The van der Waals surface area contributed by atoms with Gasteiger partial charge in [0, 0.05) is 13.1 Å². The molecule has 0 atom stereocenters. The van der Waals surface area contributed by atoms with Crippen LogP contribution in [0, 0.1) is 0 Å². The Kier molecular flexibility index (Phi) is 5.56. The number of hydrogen-bond acceptors (Lipinski definition) is 2. The molecule has 4 rings (SSSR count). The van der Waals surface area contributed by atoms with Crippen LogP contribution in [0.25, 0.3) is 23.2 Å². The van der Waals surface area contributed by atoms with Gasteiger partial charge in [0.15, 0.2) is 0 Å². The summed E-state index contributed by atoms with van der Waals surface area (Å²) in [4.78, 5) is 19.7. The number of hydrogen-bond donors (Lipinski definition) is 0. The molecule has 0 bridgehead atoms. The molecule has 1 amide bonds. The van der Waals surface area contributed by atoms with Crippen molar-refractivity contribution >= 4 is 29.1 Å². The summed E-state index contributed by atoms with van der Waals surface area (Å²) in [5.74, 6) is 0.972. The lowest BCUT2D eigenvalue weighted by Crippen LogP contribution is -2.40. The maximum Gasteiger partial charge on any atom is 0.242 e. The van der Waals surface area contributed by atoms with Crippen molar-refractivity contribution in [2.24, 2.45) is 0 Å². The van der Waals surface area contributed by atoms with E-state index in [-0.39, 0.29) is 5.91 Å². The van der Waals surface area contributed by atoms with Gasteiger partial charge in [-0.05, 0) is 36.6 Å². The van der Waals surface area contributed by atoms with Crippen molar-refractivity contribution in [2.45, 2.75) is 44.7 Å². The predicted octanol–water partition coefficient (Wildman–Crippen LogP) is 5.00. The quantitative estimate of drug-likeness (QED) is 0.631. The molecule has 0 saturated heterocycles. The number of amides is 1. The SMILES string of the molecule is CN(C(=O)Cn1c(/C=C/c2ccccc2)nc2ccccc21)C1CCCCC1. The van der Waals surface area contributed by atoms with Gasteiger partial charge in [0.05, 0.1) is 11.0 Å².